The Labute approximate surface area is 179 Å². The molecule has 2 atom stereocenters. The molecule has 6 nitrogen and oxygen atoms in total. The van der Waals surface area contributed by atoms with Gasteiger partial charge in [0.2, 0.25) is 5.95 Å². The maximum absolute atomic E-state index is 13.7. The normalized spacial score (nSPS) is 24.5. The predicted octanol–water partition coefficient (Wildman–Crippen LogP) is 2.75. The van der Waals surface area contributed by atoms with E-state index in [1.165, 1.54) is 18.9 Å². The van der Waals surface area contributed by atoms with E-state index in [9.17, 15) is 13.6 Å². The molecule has 2 fully saturated rings. The van der Waals surface area contributed by atoms with Gasteiger partial charge >= 0.3 is 0 Å². The largest absolute Gasteiger partial charge is 0.342 e. The van der Waals surface area contributed by atoms with Crippen molar-refractivity contribution >= 4 is 11.7 Å². The summed E-state index contributed by atoms with van der Waals surface area (Å²) in [6.45, 7) is 4.13. The van der Waals surface area contributed by atoms with Gasteiger partial charge in [0.25, 0.3) is 5.56 Å². The smallest absolute Gasteiger partial charge is 0.264 e. The van der Waals surface area contributed by atoms with Crippen molar-refractivity contribution in [2.45, 2.75) is 45.2 Å². The summed E-state index contributed by atoms with van der Waals surface area (Å²) in [5.74, 6) is -0.694. The Kier molecular flexibility index (Phi) is 4.73. The Bertz CT molecular complexity index is 1130. The zero-order valence-corrected chi connectivity index (χ0v) is 17.9. The van der Waals surface area contributed by atoms with E-state index in [1.54, 1.807) is 11.6 Å². The highest BCUT2D eigenvalue weighted by Gasteiger charge is 2.46. The SMILES string of the molecule is C[C@@H]1CCC2(CCN(c3nc4c(c(=O)n3C)C(c3ccc(F)c(F)c3)=NC4)CC2)[C@@H]1N. The minimum atomic E-state index is -0.961. The quantitative estimate of drug-likeness (QED) is 0.800. The number of rotatable bonds is 2. The highest BCUT2D eigenvalue weighted by Crippen LogP contribution is 2.48. The molecule has 0 bridgehead atoms. The highest BCUT2D eigenvalue weighted by molar-refractivity contribution is 6.14. The van der Waals surface area contributed by atoms with Crippen molar-refractivity contribution in [1.29, 1.82) is 0 Å². The molecule has 1 spiro atoms. The number of fused-ring (bicyclic) bond motifs is 1. The Balaban J connectivity index is 1.43. The molecule has 3 aliphatic rings. The minimum absolute atomic E-state index is 0.203. The molecule has 0 unspecified atom stereocenters. The van der Waals surface area contributed by atoms with Gasteiger partial charge in [-0.3, -0.25) is 14.4 Å². The van der Waals surface area contributed by atoms with Gasteiger partial charge in [-0.1, -0.05) is 6.92 Å². The standard InChI is InChI=1S/C23H27F2N5O/c1-13-5-6-23(20(13)26)7-9-30(10-8-23)22-28-17-12-27-19(18(17)21(31)29(22)2)14-3-4-15(24)16(25)11-14/h3-4,11,13,20H,5-10,12,26H2,1-2H3/t13-,20-/m1/s1. The molecule has 31 heavy (non-hydrogen) atoms. The Morgan fingerprint density at radius 1 is 1.16 bits per heavy atom. The summed E-state index contributed by atoms with van der Waals surface area (Å²) in [6.07, 6.45) is 4.36. The number of aliphatic imine (C=N–C) groups is 1. The van der Waals surface area contributed by atoms with Gasteiger partial charge in [-0.2, -0.15) is 0 Å². The molecule has 1 aromatic heterocycles. The fourth-order valence-corrected chi connectivity index (χ4v) is 5.58. The van der Waals surface area contributed by atoms with Crippen molar-refractivity contribution in [1.82, 2.24) is 9.55 Å². The van der Waals surface area contributed by atoms with E-state index in [-0.39, 0.29) is 23.6 Å². The van der Waals surface area contributed by atoms with Crippen LogP contribution in [0.2, 0.25) is 0 Å². The first-order valence-corrected chi connectivity index (χ1v) is 10.9. The van der Waals surface area contributed by atoms with Gasteiger partial charge in [-0.05, 0) is 55.2 Å². The van der Waals surface area contributed by atoms with Gasteiger partial charge in [-0.25, -0.2) is 13.8 Å². The summed E-state index contributed by atoms with van der Waals surface area (Å²) in [5.41, 5.74) is 8.24. The van der Waals surface area contributed by atoms with Gasteiger partial charge in [0.05, 0.1) is 23.5 Å². The fourth-order valence-electron chi connectivity index (χ4n) is 5.58. The molecule has 2 aliphatic heterocycles. The summed E-state index contributed by atoms with van der Waals surface area (Å²) < 4.78 is 28.6. The Morgan fingerprint density at radius 3 is 2.55 bits per heavy atom. The number of anilines is 1. The van der Waals surface area contributed by atoms with E-state index in [2.05, 4.69) is 16.8 Å². The predicted molar refractivity (Wildman–Crippen MR) is 115 cm³/mol. The van der Waals surface area contributed by atoms with E-state index in [0.717, 1.165) is 38.1 Å². The molecule has 1 aliphatic carbocycles. The Hall–Kier alpha value is -2.61. The van der Waals surface area contributed by atoms with Gasteiger partial charge in [-0.15, -0.1) is 0 Å². The molecule has 5 rings (SSSR count). The van der Waals surface area contributed by atoms with Gasteiger partial charge in [0, 0.05) is 31.7 Å². The first-order valence-electron chi connectivity index (χ1n) is 10.9. The van der Waals surface area contributed by atoms with Crippen molar-refractivity contribution in [2.75, 3.05) is 18.0 Å². The van der Waals surface area contributed by atoms with Gasteiger partial charge < -0.3 is 10.6 Å². The summed E-state index contributed by atoms with van der Waals surface area (Å²) in [5, 5.41) is 0. The van der Waals surface area contributed by atoms with Crippen LogP contribution >= 0.6 is 0 Å². The van der Waals surface area contributed by atoms with Crippen molar-refractivity contribution in [3.05, 3.63) is 57.0 Å². The third-order valence-corrected chi connectivity index (χ3v) is 7.62. The average molecular weight is 427 g/mol. The lowest BCUT2D eigenvalue weighted by Gasteiger charge is -2.43. The lowest BCUT2D eigenvalue weighted by atomic mass is 9.73. The molecule has 2 N–H and O–H groups in total. The van der Waals surface area contributed by atoms with E-state index >= 15 is 0 Å². The van der Waals surface area contributed by atoms with Crippen molar-refractivity contribution in [3.63, 3.8) is 0 Å². The van der Waals surface area contributed by atoms with Crippen LogP contribution < -0.4 is 16.2 Å². The number of nitrogens with zero attached hydrogens (tertiary/aromatic N) is 4. The lowest BCUT2D eigenvalue weighted by Crippen LogP contribution is -2.49. The maximum Gasteiger partial charge on any atom is 0.264 e. The van der Waals surface area contributed by atoms with Crippen LogP contribution in [0.3, 0.4) is 0 Å². The van der Waals surface area contributed by atoms with Crippen LogP contribution in [-0.2, 0) is 13.6 Å². The number of hydrogen-bond donors (Lipinski definition) is 1. The number of halogens is 2. The molecule has 8 heteroatoms. The number of hydrogen-bond acceptors (Lipinski definition) is 5. The van der Waals surface area contributed by atoms with Crippen LogP contribution in [0.25, 0.3) is 0 Å². The number of nitrogens with two attached hydrogens (primary N) is 1. The molecule has 1 aromatic carbocycles. The first-order chi connectivity index (χ1) is 14.8. The van der Waals surface area contributed by atoms with Crippen molar-refractivity contribution < 1.29 is 8.78 Å². The third-order valence-electron chi connectivity index (χ3n) is 7.62. The fraction of sp³-hybridized carbons (Fsp3) is 0.522. The number of aromatic nitrogens is 2. The molecule has 2 aromatic rings. The van der Waals surface area contributed by atoms with Crippen LogP contribution in [0.4, 0.5) is 14.7 Å². The second-order valence-corrected chi connectivity index (χ2v) is 9.28. The van der Waals surface area contributed by atoms with Gasteiger partial charge in [0.15, 0.2) is 11.6 Å². The molecule has 0 amide bonds. The molecular formula is C23H27F2N5O. The van der Waals surface area contributed by atoms with E-state index < -0.39 is 11.6 Å². The van der Waals surface area contributed by atoms with Crippen LogP contribution in [0.1, 0.15) is 49.4 Å². The number of piperidine rings is 1. The molecule has 0 radical (unpaired) electrons. The molecule has 3 heterocycles. The highest BCUT2D eigenvalue weighted by atomic mass is 19.2. The van der Waals surface area contributed by atoms with E-state index in [1.807, 2.05) is 0 Å². The maximum atomic E-state index is 13.7. The number of benzene rings is 1. The lowest BCUT2D eigenvalue weighted by molar-refractivity contribution is 0.185. The summed E-state index contributed by atoms with van der Waals surface area (Å²) in [4.78, 5) is 24.6. The molecular weight excluding hydrogens is 400 g/mol. The molecule has 164 valence electrons. The van der Waals surface area contributed by atoms with E-state index in [4.69, 9.17) is 10.7 Å². The average Bonchev–Trinajstić information content (AvgIpc) is 3.31. The van der Waals surface area contributed by atoms with Crippen molar-refractivity contribution in [2.24, 2.45) is 29.1 Å². The van der Waals surface area contributed by atoms with E-state index in [0.29, 0.717) is 34.4 Å². The third kappa shape index (κ3) is 3.11. The van der Waals surface area contributed by atoms with Crippen molar-refractivity contribution in [3.8, 4) is 0 Å². The van der Waals surface area contributed by atoms with Crippen LogP contribution in [-0.4, -0.2) is 34.4 Å². The summed E-state index contributed by atoms with van der Waals surface area (Å²) in [7, 11) is 1.71. The molecule has 1 saturated carbocycles. The van der Waals surface area contributed by atoms with Crippen LogP contribution in [0, 0.1) is 23.0 Å². The summed E-state index contributed by atoms with van der Waals surface area (Å²) >= 11 is 0. The first kappa shape index (κ1) is 20.3. The Morgan fingerprint density at radius 2 is 1.90 bits per heavy atom. The zero-order valence-electron chi connectivity index (χ0n) is 17.9. The molecule has 1 saturated heterocycles. The summed E-state index contributed by atoms with van der Waals surface area (Å²) in [6, 6.07) is 3.80. The van der Waals surface area contributed by atoms with Gasteiger partial charge in [0.1, 0.15) is 0 Å². The topological polar surface area (TPSA) is 76.5 Å². The second-order valence-electron chi connectivity index (χ2n) is 9.28. The van der Waals surface area contributed by atoms with Crippen LogP contribution in [0.5, 0.6) is 0 Å². The zero-order chi connectivity index (χ0) is 21.9. The minimum Gasteiger partial charge on any atom is -0.342 e. The monoisotopic (exact) mass is 427 g/mol. The van der Waals surface area contributed by atoms with Crippen LogP contribution in [0.15, 0.2) is 28.0 Å². The second kappa shape index (κ2) is 7.22.